The van der Waals surface area contributed by atoms with Crippen molar-refractivity contribution in [1.29, 1.82) is 0 Å². The molecule has 232 valence electrons. The summed E-state index contributed by atoms with van der Waals surface area (Å²) in [5.74, 6) is -3.07. The van der Waals surface area contributed by atoms with E-state index >= 15 is 0 Å². The van der Waals surface area contributed by atoms with Crippen molar-refractivity contribution in [2.75, 3.05) is 46.2 Å². The molecule has 3 rings (SSSR count). The van der Waals surface area contributed by atoms with E-state index in [9.17, 15) is 18.8 Å². The first-order valence-corrected chi connectivity index (χ1v) is 13.1. The van der Waals surface area contributed by atoms with Crippen molar-refractivity contribution in [2.24, 2.45) is 0 Å². The lowest BCUT2D eigenvalue weighted by Gasteiger charge is -2.38. The zero-order chi connectivity index (χ0) is 31.4. The topological polar surface area (TPSA) is 201 Å². The molecule has 0 radical (unpaired) electrons. The van der Waals surface area contributed by atoms with Gasteiger partial charge in [0.1, 0.15) is 17.3 Å². The van der Waals surface area contributed by atoms with Crippen LogP contribution in [0.25, 0.3) is 0 Å². The van der Waals surface area contributed by atoms with Gasteiger partial charge in [-0.2, -0.15) is 0 Å². The van der Waals surface area contributed by atoms with E-state index in [2.05, 4.69) is 10.2 Å². The van der Waals surface area contributed by atoms with Crippen LogP contribution < -0.4 is 20.5 Å². The molecular weight excluding hydrogens is 581 g/mol. The molecule has 1 amide bonds. The second-order valence-electron chi connectivity index (χ2n) is 9.24. The zero-order valence-electron chi connectivity index (χ0n) is 23.0. The van der Waals surface area contributed by atoms with E-state index in [1.165, 1.54) is 25.3 Å². The molecule has 1 heterocycles. The summed E-state index contributed by atoms with van der Waals surface area (Å²) in [6.45, 7) is 2.89. The number of nitrogens with one attached hydrogen (secondary N) is 1. The number of rotatable bonds is 12. The molecule has 0 aromatic heterocycles. The Balaban J connectivity index is 0.000000528. The summed E-state index contributed by atoms with van der Waals surface area (Å²) in [5, 5.41) is 35.9. The molecule has 1 saturated heterocycles. The standard InChI is InChI=1S/C23H29ClFN3O4.C4H6O6/c1-30-21-13-19(26)18(24)12-17(21)23(29)27-20-8-10-28(14-22(20)31-2)9-3-11-32-16-6-4-15(25)5-7-16;5-1(3(7)8)2(6)4(9)10/h4-7,12-13,20,22H,3,8-11,14,26H2,1-2H3,(H,27,29);1-2,5-6H,(H,7,8)(H,9,10)/t20-,22+;/m1./s1. The number of benzene rings is 2. The first-order chi connectivity index (χ1) is 19.9. The Morgan fingerprint density at radius 2 is 1.74 bits per heavy atom. The van der Waals surface area contributed by atoms with Crippen LogP contribution in [0.1, 0.15) is 23.2 Å². The molecule has 4 atom stereocenters. The monoisotopic (exact) mass is 615 g/mol. The number of carbonyl (C=O) groups excluding carboxylic acids is 1. The Morgan fingerprint density at radius 1 is 1.12 bits per heavy atom. The SMILES string of the molecule is COc1cc(N)c(Cl)cc1C(=O)N[C@@H]1CCN(CCCOc2ccc(F)cc2)C[C@@H]1OC.O=C(O)C(O)C(O)C(=O)O. The van der Waals surface area contributed by atoms with Crippen LogP contribution in [-0.2, 0) is 14.3 Å². The lowest BCUT2D eigenvalue weighted by Crippen LogP contribution is -2.55. The summed E-state index contributed by atoms with van der Waals surface area (Å²) >= 11 is 6.09. The molecule has 0 bridgehead atoms. The van der Waals surface area contributed by atoms with E-state index in [0.717, 1.165) is 25.9 Å². The molecule has 0 saturated carbocycles. The number of aliphatic hydroxyl groups is 2. The van der Waals surface area contributed by atoms with Gasteiger partial charge in [0.15, 0.2) is 12.2 Å². The summed E-state index contributed by atoms with van der Waals surface area (Å²) in [4.78, 5) is 34.7. The van der Waals surface area contributed by atoms with Crippen molar-refractivity contribution in [1.82, 2.24) is 10.2 Å². The number of carbonyl (C=O) groups is 3. The van der Waals surface area contributed by atoms with E-state index in [0.29, 0.717) is 40.9 Å². The minimum atomic E-state index is -2.27. The Hall–Kier alpha value is -3.69. The molecule has 1 fully saturated rings. The number of piperidine rings is 1. The second-order valence-corrected chi connectivity index (χ2v) is 9.65. The number of carboxylic acid groups (broad SMARTS) is 2. The van der Waals surface area contributed by atoms with E-state index in [4.69, 9.17) is 52.0 Å². The number of nitrogens with two attached hydrogens (primary N) is 1. The van der Waals surface area contributed by atoms with Gasteiger partial charge in [-0.3, -0.25) is 4.79 Å². The molecule has 15 heteroatoms. The molecule has 0 aliphatic carbocycles. The number of ether oxygens (including phenoxy) is 3. The maximum Gasteiger partial charge on any atom is 0.335 e. The number of anilines is 1. The van der Waals surface area contributed by atoms with Crippen molar-refractivity contribution in [3.05, 3.63) is 52.8 Å². The summed E-state index contributed by atoms with van der Waals surface area (Å²) in [5.41, 5.74) is 6.49. The molecule has 42 heavy (non-hydrogen) atoms. The fourth-order valence-corrected chi connectivity index (χ4v) is 4.19. The van der Waals surface area contributed by atoms with E-state index in [1.807, 2.05) is 0 Å². The highest BCUT2D eigenvalue weighted by molar-refractivity contribution is 6.33. The third-order valence-electron chi connectivity index (χ3n) is 6.33. The molecule has 1 aliphatic rings. The van der Waals surface area contributed by atoms with Gasteiger partial charge < -0.3 is 50.6 Å². The average Bonchev–Trinajstić information content (AvgIpc) is 2.97. The number of likely N-dealkylation sites (tertiary alicyclic amines) is 1. The first kappa shape index (κ1) is 34.5. The first-order valence-electron chi connectivity index (χ1n) is 12.8. The largest absolute Gasteiger partial charge is 0.496 e. The van der Waals surface area contributed by atoms with E-state index in [1.54, 1.807) is 25.3 Å². The van der Waals surface area contributed by atoms with Gasteiger partial charge in [-0.1, -0.05) is 11.6 Å². The van der Waals surface area contributed by atoms with Gasteiger partial charge in [-0.05, 0) is 43.2 Å². The van der Waals surface area contributed by atoms with Crippen LogP contribution in [-0.4, -0.2) is 108 Å². The number of carboxylic acids is 2. The fourth-order valence-electron chi connectivity index (χ4n) is 4.03. The van der Waals surface area contributed by atoms with Gasteiger partial charge in [-0.25, -0.2) is 14.0 Å². The summed E-state index contributed by atoms with van der Waals surface area (Å²) in [7, 11) is 3.13. The Labute approximate surface area is 246 Å². The van der Waals surface area contributed by atoms with Gasteiger partial charge in [0.25, 0.3) is 5.91 Å². The van der Waals surface area contributed by atoms with Crippen LogP contribution in [0.15, 0.2) is 36.4 Å². The number of halogens is 2. The number of hydrogen-bond donors (Lipinski definition) is 6. The molecular formula is C27H35ClFN3O10. The maximum atomic E-state index is 12.9. The van der Waals surface area contributed by atoms with Crippen LogP contribution >= 0.6 is 11.6 Å². The molecule has 2 aromatic carbocycles. The van der Waals surface area contributed by atoms with Gasteiger partial charge in [-0.15, -0.1) is 0 Å². The smallest absolute Gasteiger partial charge is 0.335 e. The van der Waals surface area contributed by atoms with Crippen LogP contribution in [0.4, 0.5) is 10.1 Å². The van der Waals surface area contributed by atoms with Crippen LogP contribution in [0.3, 0.4) is 0 Å². The lowest BCUT2D eigenvalue weighted by atomic mass is 10.0. The maximum absolute atomic E-state index is 12.9. The highest BCUT2D eigenvalue weighted by Gasteiger charge is 2.31. The number of nitrogen functional groups attached to an aromatic ring is 1. The third-order valence-corrected chi connectivity index (χ3v) is 6.66. The van der Waals surface area contributed by atoms with Crippen molar-refractivity contribution in [3.8, 4) is 11.5 Å². The van der Waals surface area contributed by atoms with Gasteiger partial charge in [0, 0.05) is 32.8 Å². The van der Waals surface area contributed by atoms with E-state index < -0.39 is 24.1 Å². The number of amides is 1. The lowest BCUT2D eigenvalue weighted by molar-refractivity contribution is -0.165. The van der Waals surface area contributed by atoms with Gasteiger partial charge >= 0.3 is 11.9 Å². The molecule has 13 nitrogen and oxygen atoms in total. The van der Waals surface area contributed by atoms with Crippen molar-refractivity contribution >= 4 is 35.1 Å². The highest BCUT2D eigenvalue weighted by Crippen LogP contribution is 2.29. The quantitative estimate of drug-likeness (QED) is 0.148. The van der Waals surface area contributed by atoms with Crippen LogP contribution in [0.2, 0.25) is 5.02 Å². The number of aliphatic carboxylic acids is 2. The Morgan fingerprint density at radius 3 is 2.29 bits per heavy atom. The average molecular weight is 616 g/mol. The zero-order valence-corrected chi connectivity index (χ0v) is 23.8. The van der Waals surface area contributed by atoms with Crippen molar-refractivity contribution in [3.63, 3.8) is 0 Å². The minimum Gasteiger partial charge on any atom is -0.496 e. The summed E-state index contributed by atoms with van der Waals surface area (Å²) in [6, 6.07) is 8.92. The molecule has 1 aliphatic heterocycles. The van der Waals surface area contributed by atoms with Crippen molar-refractivity contribution in [2.45, 2.75) is 37.2 Å². The second kappa shape index (κ2) is 16.7. The molecule has 0 spiro atoms. The molecule has 2 unspecified atom stereocenters. The van der Waals surface area contributed by atoms with Crippen LogP contribution in [0, 0.1) is 5.82 Å². The summed E-state index contributed by atoms with van der Waals surface area (Å²) < 4.78 is 29.5. The fraction of sp³-hybridized carbons (Fsp3) is 0.444. The third kappa shape index (κ3) is 10.3. The van der Waals surface area contributed by atoms with Gasteiger partial charge in [0.05, 0.1) is 42.1 Å². The Bertz CT molecular complexity index is 1190. The Kier molecular flexibility index (Phi) is 13.7. The molecule has 2 aromatic rings. The normalized spacial score (nSPS) is 18.1. The van der Waals surface area contributed by atoms with Crippen LogP contribution in [0.5, 0.6) is 11.5 Å². The number of aliphatic hydroxyl groups excluding tert-OH is 2. The number of hydrogen-bond acceptors (Lipinski definition) is 10. The predicted octanol–water partition coefficient (Wildman–Crippen LogP) is 1.24. The van der Waals surface area contributed by atoms with Gasteiger partial charge in [0.2, 0.25) is 0 Å². The molecule has 7 N–H and O–H groups in total. The van der Waals surface area contributed by atoms with E-state index in [-0.39, 0.29) is 23.9 Å². The van der Waals surface area contributed by atoms with Crippen molar-refractivity contribution < 1.29 is 53.4 Å². The number of methoxy groups -OCH3 is 2. The summed E-state index contributed by atoms with van der Waals surface area (Å²) in [6.07, 6.45) is -3.11. The minimum absolute atomic E-state index is 0.139. The highest BCUT2D eigenvalue weighted by atomic mass is 35.5. The predicted molar refractivity (Wildman–Crippen MR) is 149 cm³/mol. The number of nitrogens with zero attached hydrogens (tertiary/aromatic N) is 1.